The summed E-state index contributed by atoms with van der Waals surface area (Å²) in [6.45, 7) is 12.9. The molecule has 0 aromatic heterocycles. The second kappa shape index (κ2) is 25.4. The van der Waals surface area contributed by atoms with Crippen LogP contribution in [-0.2, 0) is 42.9 Å². The lowest BCUT2D eigenvalue weighted by molar-refractivity contribution is -0.266. The summed E-state index contributed by atoms with van der Waals surface area (Å²) in [6.07, 6.45) is 10.3. The molecule has 4 aliphatic rings. The van der Waals surface area contributed by atoms with E-state index in [1.165, 1.54) is 12.0 Å². The highest BCUT2D eigenvalue weighted by Gasteiger charge is 2.53. The molecule has 1 amide bonds. The number of piperidine rings is 1. The van der Waals surface area contributed by atoms with Gasteiger partial charge in [-0.3, -0.25) is 19.2 Å². The van der Waals surface area contributed by atoms with Gasteiger partial charge in [-0.15, -0.1) is 0 Å². The number of rotatable bonds is 6. The molecule has 368 valence electrons. The molecule has 1 aliphatic carbocycles. The van der Waals surface area contributed by atoms with Crippen molar-refractivity contribution in [3.63, 3.8) is 0 Å². The largest absolute Gasteiger partial charge is 0.390 e. The molecule has 3 fully saturated rings. The lowest BCUT2D eigenvalue weighted by Crippen LogP contribution is -2.61. The number of amides is 1. The highest BCUT2D eigenvalue weighted by atomic mass is 16.6. The monoisotopic (exact) mass is 916 g/mol. The number of carbonyl (C=O) groups is 4. The molecule has 0 spiro atoms. The Bertz CT molecular complexity index is 1710. The van der Waals surface area contributed by atoms with Gasteiger partial charge in [0.2, 0.25) is 5.79 Å². The van der Waals surface area contributed by atoms with E-state index in [1.807, 2.05) is 58.1 Å². The van der Waals surface area contributed by atoms with E-state index < -0.39 is 84.2 Å². The van der Waals surface area contributed by atoms with Gasteiger partial charge < -0.3 is 49.0 Å². The van der Waals surface area contributed by atoms with Crippen molar-refractivity contribution in [1.82, 2.24) is 4.90 Å². The predicted octanol–water partition coefficient (Wildman–Crippen LogP) is 5.97. The van der Waals surface area contributed by atoms with E-state index in [1.54, 1.807) is 41.1 Å². The molecule has 4 N–H and O–H groups in total. The maximum Gasteiger partial charge on any atom is 0.296 e. The normalized spacial score (nSPS) is 40.4. The quantitative estimate of drug-likeness (QED) is 0.180. The number of ketones is 3. The minimum atomic E-state index is -2.40. The van der Waals surface area contributed by atoms with E-state index in [-0.39, 0.29) is 48.4 Å². The molecule has 16 atom stereocenters. The summed E-state index contributed by atoms with van der Waals surface area (Å²) < 4.78 is 29.6. The van der Waals surface area contributed by atoms with Gasteiger partial charge >= 0.3 is 0 Å². The van der Waals surface area contributed by atoms with Gasteiger partial charge in [-0.05, 0) is 107 Å². The van der Waals surface area contributed by atoms with Gasteiger partial charge in [0, 0.05) is 58.5 Å². The van der Waals surface area contributed by atoms with Crippen molar-refractivity contribution in [3.05, 3.63) is 47.6 Å². The molecule has 3 aliphatic heterocycles. The number of nitrogens with zero attached hydrogens (tertiary/aromatic N) is 1. The smallest absolute Gasteiger partial charge is 0.296 e. The molecule has 2 unspecified atom stereocenters. The van der Waals surface area contributed by atoms with Crippen molar-refractivity contribution < 1.29 is 63.3 Å². The highest BCUT2D eigenvalue weighted by Crippen LogP contribution is 2.38. The molecular weight excluding hydrogens is 835 g/mol. The summed E-state index contributed by atoms with van der Waals surface area (Å²) in [5.74, 6) is -6.87. The van der Waals surface area contributed by atoms with Gasteiger partial charge in [0.05, 0.1) is 36.6 Å². The first-order valence-electron chi connectivity index (χ1n) is 24.1. The lowest BCUT2D eigenvalue weighted by atomic mass is 9.78. The number of allylic oxidation sites excluding steroid dienone is 6. The maximum atomic E-state index is 14.3. The van der Waals surface area contributed by atoms with Crippen LogP contribution in [0, 0.1) is 35.5 Å². The summed E-state index contributed by atoms with van der Waals surface area (Å²) in [7, 11) is 4.55. The number of aliphatic hydroxyl groups is 4. The Kier molecular flexibility index (Phi) is 21.4. The SMILES string of the molecule is CO[C@H]1C[C@@H]2CC[C@@H](C)[C@@](O)(O2)C(=O)C(=O)N2CCCCC2C(O)O[C@H]([C@H](C)C[C@@H]2CC[C@H](O)[C@H](OC)C2)CC(=O)[C@H](C)/C=C(\C)[C@@H](O)[C@H](OC)C(=O)[C@H](C)C[C@H](C)/C=C/C=CC=C1C. The number of fused-ring (bicyclic) bond motifs is 3. The zero-order valence-corrected chi connectivity index (χ0v) is 40.7. The van der Waals surface area contributed by atoms with Crippen LogP contribution in [0.4, 0.5) is 0 Å². The average molecular weight is 916 g/mol. The Labute approximate surface area is 387 Å². The minimum Gasteiger partial charge on any atom is -0.390 e. The summed E-state index contributed by atoms with van der Waals surface area (Å²) in [5, 5.41) is 45.8. The van der Waals surface area contributed by atoms with Crippen molar-refractivity contribution in [3.8, 4) is 0 Å². The Morgan fingerprint density at radius 1 is 0.846 bits per heavy atom. The second-order valence-electron chi connectivity index (χ2n) is 19.7. The van der Waals surface area contributed by atoms with E-state index in [2.05, 4.69) is 0 Å². The van der Waals surface area contributed by atoms with Crippen LogP contribution < -0.4 is 0 Å². The second-order valence-corrected chi connectivity index (χ2v) is 19.7. The molecule has 0 aromatic carbocycles. The van der Waals surface area contributed by atoms with E-state index in [0.717, 1.165) is 12.0 Å². The molecule has 2 saturated heterocycles. The Morgan fingerprint density at radius 2 is 1.57 bits per heavy atom. The number of ether oxygens (including phenoxy) is 5. The lowest BCUT2D eigenvalue weighted by Gasteiger charge is -2.44. The fourth-order valence-corrected chi connectivity index (χ4v) is 10.3. The predicted molar refractivity (Wildman–Crippen MR) is 246 cm³/mol. The highest BCUT2D eigenvalue weighted by molar-refractivity contribution is 6.38. The van der Waals surface area contributed by atoms with E-state index in [0.29, 0.717) is 69.8 Å². The van der Waals surface area contributed by atoms with Crippen LogP contribution in [0.3, 0.4) is 0 Å². The third-order valence-corrected chi connectivity index (χ3v) is 14.6. The van der Waals surface area contributed by atoms with Gasteiger partial charge in [-0.1, -0.05) is 71.1 Å². The molecule has 0 radical (unpaired) electrons. The third-order valence-electron chi connectivity index (χ3n) is 14.6. The molecule has 3 heterocycles. The molecule has 0 aromatic rings. The molecule has 1 saturated carbocycles. The number of hydrogen-bond donors (Lipinski definition) is 4. The van der Waals surface area contributed by atoms with Crippen molar-refractivity contribution >= 4 is 23.3 Å². The van der Waals surface area contributed by atoms with Crippen LogP contribution in [0.25, 0.3) is 0 Å². The van der Waals surface area contributed by atoms with Gasteiger partial charge in [0.15, 0.2) is 12.1 Å². The molecule has 14 heteroatoms. The van der Waals surface area contributed by atoms with Crippen LogP contribution >= 0.6 is 0 Å². The molecule has 4 rings (SSSR count). The van der Waals surface area contributed by atoms with Gasteiger partial charge in [-0.25, -0.2) is 0 Å². The van der Waals surface area contributed by atoms with Gasteiger partial charge in [-0.2, -0.15) is 0 Å². The van der Waals surface area contributed by atoms with Crippen molar-refractivity contribution in [2.75, 3.05) is 27.9 Å². The van der Waals surface area contributed by atoms with Crippen LogP contribution in [0.15, 0.2) is 47.6 Å². The Balaban J connectivity index is 1.70. The first-order chi connectivity index (χ1) is 30.7. The molecule has 14 nitrogen and oxygen atoms in total. The van der Waals surface area contributed by atoms with E-state index in [4.69, 9.17) is 23.7 Å². The number of aliphatic hydroxyl groups excluding tert-OH is 3. The van der Waals surface area contributed by atoms with Crippen molar-refractivity contribution in [1.29, 1.82) is 0 Å². The summed E-state index contributed by atoms with van der Waals surface area (Å²) >= 11 is 0. The van der Waals surface area contributed by atoms with Crippen LogP contribution in [0.1, 0.15) is 126 Å². The van der Waals surface area contributed by atoms with E-state index in [9.17, 15) is 39.6 Å². The number of methoxy groups -OCH3 is 3. The van der Waals surface area contributed by atoms with Crippen molar-refractivity contribution in [2.24, 2.45) is 35.5 Å². The fourth-order valence-electron chi connectivity index (χ4n) is 10.3. The fraction of sp³-hybridized carbons (Fsp3) is 0.765. The number of Topliss-reactive ketones (excluding diaryl/α,β-unsaturated/α-hetero) is 3. The van der Waals surface area contributed by atoms with Crippen LogP contribution in [0.2, 0.25) is 0 Å². The van der Waals surface area contributed by atoms with E-state index >= 15 is 0 Å². The summed E-state index contributed by atoms with van der Waals surface area (Å²) in [4.78, 5) is 57.6. The minimum absolute atomic E-state index is 0.0255. The maximum absolute atomic E-state index is 14.3. The Morgan fingerprint density at radius 3 is 2.25 bits per heavy atom. The molecular formula is C51H81NO13. The summed E-state index contributed by atoms with van der Waals surface area (Å²) in [6, 6.07) is -0.945. The molecule has 2 bridgehead atoms. The number of carbonyl (C=O) groups excluding carboxylic acids is 4. The third kappa shape index (κ3) is 14.5. The Hall–Kier alpha value is -2.92. The number of hydrogen-bond acceptors (Lipinski definition) is 13. The zero-order chi connectivity index (χ0) is 48.2. The van der Waals surface area contributed by atoms with Crippen molar-refractivity contribution in [2.45, 2.75) is 186 Å². The summed E-state index contributed by atoms with van der Waals surface area (Å²) in [5.41, 5.74) is 1.29. The van der Waals surface area contributed by atoms with Crippen LogP contribution in [0.5, 0.6) is 0 Å². The zero-order valence-electron chi connectivity index (χ0n) is 40.7. The average Bonchev–Trinajstić information content (AvgIpc) is 3.28. The van der Waals surface area contributed by atoms with Gasteiger partial charge in [0.1, 0.15) is 18.0 Å². The first kappa shape index (κ1) is 54.7. The molecule has 65 heavy (non-hydrogen) atoms. The first-order valence-corrected chi connectivity index (χ1v) is 24.1. The topological polar surface area (TPSA) is 199 Å². The van der Waals surface area contributed by atoms with Crippen LogP contribution in [-0.4, -0.2) is 137 Å². The van der Waals surface area contributed by atoms with Gasteiger partial charge in [0.25, 0.3) is 11.7 Å². The standard InChI is InChI=1S/C51H81NO13/c1-30-16-12-11-13-17-31(2)42(61-8)28-38-21-19-36(7)51(60,65-38)48(57)49(58)52-23-15-14-18-39(52)50(59)64-43(33(4)26-37-20-22-40(53)44(27-37)62-9)29-41(54)32(3)25-35(6)46(56)47(63-10)45(55)34(5)24-30/h11-13,16-17,25,30,32-34,36-40,42-44,46-47,50,53,56,59-60H,14-15,18-24,26-29H2,1-10H3/b13-11?,16-12+,31-17?,35-25+/t30-,32-,33-,34-,36-,37+,38+,39?,40+,42+,43+,44-,46-,47-,50?,51-/m1/s1.